The topological polar surface area (TPSA) is 96.5 Å². The van der Waals surface area contributed by atoms with Gasteiger partial charge in [-0.1, -0.05) is 6.92 Å². The number of benzene rings is 2. The Bertz CT molecular complexity index is 817. The molecule has 0 saturated carbocycles. The van der Waals surface area contributed by atoms with Gasteiger partial charge in [-0.15, -0.1) is 0 Å². The van der Waals surface area contributed by atoms with E-state index in [-0.39, 0.29) is 24.4 Å². The second kappa shape index (κ2) is 10.1. The molecule has 0 aliphatic rings. The van der Waals surface area contributed by atoms with Gasteiger partial charge in [0.1, 0.15) is 0 Å². The first kappa shape index (κ1) is 21.0. The molecular formula is C21H25N3O4. The standard InChI is InChI=1S/C21H25N3O4/c1-4-14(2)23-20(26)15-5-9-17(10-6-15)22-13-19(25)24-18-11-7-16(8-12-18)21(27)28-3/h5-12,14,22H,4,13H2,1-3H3,(H,23,26)(H,24,25). The first-order chi connectivity index (χ1) is 13.4. The molecule has 1 atom stereocenters. The molecule has 0 heterocycles. The van der Waals surface area contributed by atoms with Gasteiger partial charge >= 0.3 is 5.97 Å². The number of hydrogen-bond acceptors (Lipinski definition) is 5. The summed E-state index contributed by atoms with van der Waals surface area (Å²) in [6.07, 6.45) is 0.867. The first-order valence-corrected chi connectivity index (χ1v) is 9.06. The summed E-state index contributed by atoms with van der Waals surface area (Å²) in [6, 6.07) is 13.5. The molecule has 3 N–H and O–H groups in total. The minimum Gasteiger partial charge on any atom is -0.465 e. The van der Waals surface area contributed by atoms with E-state index < -0.39 is 5.97 Å². The monoisotopic (exact) mass is 383 g/mol. The van der Waals surface area contributed by atoms with Gasteiger partial charge in [0.15, 0.2) is 0 Å². The van der Waals surface area contributed by atoms with E-state index in [2.05, 4.69) is 20.7 Å². The van der Waals surface area contributed by atoms with Crippen molar-refractivity contribution in [2.75, 3.05) is 24.3 Å². The molecule has 0 aliphatic carbocycles. The van der Waals surface area contributed by atoms with Crippen LogP contribution in [0.15, 0.2) is 48.5 Å². The van der Waals surface area contributed by atoms with Gasteiger partial charge < -0.3 is 20.7 Å². The van der Waals surface area contributed by atoms with Crippen molar-refractivity contribution in [3.05, 3.63) is 59.7 Å². The van der Waals surface area contributed by atoms with Crippen molar-refractivity contribution in [3.8, 4) is 0 Å². The zero-order chi connectivity index (χ0) is 20.5. The molecule has 7 heteroatoms. The Morgan fingerprint density at radius 2 is 1.50 bits per heavy atom. The van der Waals surface area contributed by atoms with E-state index in [9.17, 15) is 14.4 Å². The zero-order valence-electron chi connectivity index (χ0n) is 16.2. The predicted octanol–water partition coefficient (Wildman–Crippen LogP) is 3.05. The van der Waals surface area contributed by atoms with Crippen molar-refractivity contribution in [2.24, 2.45) is 0 Å². The largest absolute Gasteiger partial charge is 0.465 e. The van der Waals surface area contributed by atoms with Crippen LogP contribution in [-0.4, -0.2) is 37.5 Å². The molecule has 2 rings (SSSR count). The molecule has 0 radical (unpaired) electrons. The average molecular weight is 383 g/mol. The summed E-state index contributed by atoms with van der Waals surface area (Å²) in [5.41, 5.74) is 2.30. The Morgan fingerprint density at radius 1 is 0.929 bits per heavy atom. The summed E-state index contributed by atoms with van der Waals surface area (Å²) in [6.45, 7) is 4.03. The fourth-order valence-electron chi connectivity index (χ4n) is 2.34. The highest BCUT2D eigenvalue weighted by molar-refractivity contribution is 5.96. The van der Waals surface area contributed by atoms with Gasteiger partial charge in [-0.25, -0.2) is 4.79 Å². The molecule has 0 aliphatic heterocycles. The van der Waals surface area contributed by atoms with E-state index >= 15 is 0 Å². The molecule has 0 spiro atoms. The fourth-order valence-corrected chi connectivity index (χ4v) is 2.34. The summed E-state index contributed by atoms with van der Waals surface area (Å²) < 4.78 is 4.63. The van der Waals surface area contributed by atoms with Crippen LogP contribution in [0.5, 0.6) is 0 Å². The highest BCUT2D eigenvalue weighted by Gasteiger charge is 2.09. The Hall–Kier alpha value is -3.35. The number of nitrogens with one attached hydrogen (secondary N) is 3. The molecule has 28 heavy (non-hydrogen) atoms. The molecule has 2 aromatic carbocycles. The van der Waals surface area contributed by atoms with Crippen LogP contribution in [-0.2, 0) is 9.53 Å². The van der Waals surface area contributed by atoms with E-state index in [1.807, 2.05) is 13.8 Å². The van der Waals surface area contributed by atoms with Gasteiger partial charge in [0.2, 0.25) is 5.91 Å². The third-order valence-corrected chi connectivity index (χ3v) is 4.18. The minimum atomic E-state index is -0.430. The van der Waals surface area contributed by atoms with Crippen molar-refractivity contribution < 1.29 is 19.1 Å². The van der Waals surface area contributed by atoms with Gasteiger partial charge in [0.05, 0.1) is 19.2 Å². The number of amides is 2. The number of hydrogen-bond donors (Lipinski definition) is 3. The molecule has 7 nitrogen and oxygen atoms in total. The zero-order valence-corrected chi connectivity index (χ0v) is 16.2. The molecular weight excluding hydrogens is 358 g/mol. The van der Waals surface area contributed by atoms with Crippen molar-refractivity contribution in [3.63, 3.8) is 0 Å². The molecule has 2 aromatic rings. The highest BCUT2D eigenvalue weighted by atomic mass is 16.5. The number of anilines is 2. The molecule has 0 saturated heterocycles. The number of rotatable bonds is 8. The third kappa shape index (κ3) is 6.12. The van der Waals surface area contributed by atoms with Crippen LogP contribution in [0.1, 0.15) is 41.0 Å². The van der Waals surface area contributed by atoms with E-state index in [1.165, 1.54) is 7.11 Å². The van der Waals surface area contributed by atoms with Crippen molar-refractivity contribution >= 4 is 29.2 Å². The quantitative estimate of drug-likeness (QED) is 0.609. The summed E-state index contributed by atoms with van der Waals surface area (Å²) in [7, 11) is 1.31. The molecule has 0 bridgehead atoms. The Labute approximate surface area is 164 Å². The van der Waals surface area contributed by atoms with E-state index in [1.54, 1.807) is 48.5 Å². The lowest BCUT2D eigenvalue weighted by Gasteiger charge is -2.12. The second-order valence-electron chi connectivity index (χ2n) is 6.33. The maximum Gasteiger partial charge on any atom is 0.337 e. The predicted molar refractivity (Wildman–Crippen MR) is 109 cm³/mol. The van der Waals surface area contributed by atoms with Gasteiger partial charge in [0.25, 0.3) is 5.91 Å². The fraction of sp³-hybridized carbons (Fsp3) is 0.286. The third-order valence-electron chi connectivity index (χ3n) is 4.18. The first-order valence-electron chi connectivity index (χ1n) is 9.06. The maximum atomic E-state index is 12.1. The van der Waals surface area contributed by atoms with E-state index in [0.717, 1.165) is 12.1 Å². The molecule has 2 amide bonds. The summed E-state index contributed by atoms with van der Waals surface area (Å²) in [5, 5.41) is 8.64. The highest BCUT2D eigenvalue weighted by Crippen LogP contribution is 2.12. The smallest absolute Gasteiger partial charge is 0.337 e. The number of esters is 1. The minimum absolute atomic E-state index is 0.0666. The number of ether oxygens (including phenoxy) is 1. The van der Waals surface area contributed by atoms with Crippen LogP contribution >= 0.6 is 0 Å². The van der Waals surface area contributed by atoms with Crippen LogP contribution in [0.25, 0.3) is 0 Å². The lowest BCUT2D eigenvalue weighted by atomic mass is 10.1. The second-order valence-corrected chi connectivity index (χ2v) is 6.33. The van der Waals surface area contributed by atoms with Gasteiger partial charge in [0, 0.05) is 23.0 Å². The van der Waals surface area contributed by atoms with Crippen LogP contribution in [0, 0.1) is 0 Å². The summed E-state index contributed by atoms with van der Waals surface area (Å²) >= 11 is 0. The molecule has 0 fully saturated rings. The van der Waals surface area contributed by atoms with Crippen molar-refractivity contribution in [1.82, 2.24) is 5.32 Å². The van der Waals surface area contributed by atoms with Crippen molar-refractivity contribution in [2.45, 2.75) is 26.3 Å². The van der Waals surface area contributed by atoms with Crippen LogP contribution in [0.2, 0.25) is 0 Å². The molecule has 0 aromatic heterocycles. The molecule has 148 valence electrons. The van der Waals surface area contributed by atoms with Gasteiger partial charge in [-0.05, 0) is 61.9 Å². The Kier molecular flexibility index (Phi) is 7.56. The maximum absolute atomic E-state index is 12.1. The lowest BCUT2D eigenvalue weighted by molar-refractivity contribution is -0.114. The SMILES string of the molecule is CCC(C)NC(=O)c1ccc(NCC(=O)Nc2ccc(C(=O)OC)cc2)cc1. The van der Waals surface area contributed by atoms with Gasteiger partial charge in [-0.2, -0.15) is 0 Å². The Morgan fingerprint density at radius 3 is 2.07 bits per heavy atom. The van der Waals surface area contributed by atoms with Crippen LogP contribution in [0.4, 0.5) is 11.4 Å². The number of carbonyl (C=O) groups excluding carboxylic acids is 3. The lowest BCUT2D eigenvalue weighted by Crippen LogP contribution is -2.31. The van der Waals surface area contributed by atoms with E-state index in [4.69, 9.17) is 0 Å². The summed E-state index contributed by atoms with van der Waals surface area (Å²) in [4.78, 5) is 35.5. The molecule has 1 unspecified atom stereocenters. The Balaban J connectivity index is 1.84. The normalized spacial score (nSPS) is 11.2. The van der Waals surface area contributed by atoms with Crippen molar-refractivity contribution in [1.29, 1.82) is 0 Å². The van der Waals surface area contributed by atoms with Crippen LogP contribution < -0.4 is 16.0 Å². The number of carbonyl (C=O) groups is 3. The van der Waals surface area contributed by atoms with E-state index in [0.29, 0.717) is 16.8 Å². The summed E-state index contributed by atoms with van der Waals surface area (Å²) in [5.74, 6) is -0.778. The van der Waals surface area contributed by atoms with Crippen LogP contribution in [0.3, 0.4) is 0 Å². The van der Waals surface area contributed by atoms with Gasteiger partial charge in [-0.3, -0.25) is 9.59 Å². The number of methoxy groups -OCH3 is 1. The average Bonchev–Trinajstić information content (AvgIpc) is 2.72.